The van der Waals surface area contributed by atoms with E-state index in [1.165, 1.54) is 32.1 Å². The van der Waals surface area contributed by atoms with Crippen molar-refractivity contribution >= 4 is 0 Å². The van der Waals surface area contributed by atoms with Crippen LogP contribution in [0.4, 0.5) is 0 Å². The van der Waals surface area contributed by atoms with Gasteiger partial charge >= 0.3 is 0 Å². The van der Waals surface area contributed by atoms with Crippen molar-refractivity contribution in [3.63, 3.8) is 0 Å². The van der Waals surface area contributed by atoms with Crippen LogP contribution in [0.5, 0.6) is 0 Å². The molecule has 98 valence electrons. The Balaban J connectivity index is 4.01. The van der Waals surface area contributed by atoms with Gasteiger partial charge in [0, 0.05) is 0 Å². The molecule has 0 N–H and O–H groups in total. The Bertz CT molecular complexity index is 167. The van der Waals surface area contributed by atoms with Gasteiger partial charge in [-0.3, -0.25) is 0 Å². The van der Waals surface area contributed by atoms with E-state index in [0.29, 0.717) is 5.41 Å². The molecule has 16 heavy (non-hydrogen) atoms. The highest BCUT2D eigenvalue weighted by Gasteiger charge is 2.28. The third kappa shape index (κ3) is 5.92. The van der Waals surface area contributed by atoms with Gasteiger partial charge in [-0.05, 0) is 29.6 Å². The van der Waals surface area contributed by atoms with E-state index in [9.17, 15) is 0 Å². The highest BCUT2D eigenvalue weighted by atomic mass is 14.3. The topological polar surface area (TPSA) is 0 Å². The van der Waals surface area contributed by atoms with Gasteiger partial charge < -0.3 is 0 Å². The molecule has 0 radical (unpaired) electrons. The Morgan fingerprint density at radius 2 is 1.50 bits per heavy atom. The maximum Gasteiger partial charge on any atom is -0.0326 e. The van der Waals surface area contributed by atoms with Crippen LogP contribution >= 0.6 is 0 Å². The van der Waals surface area contributed by atoms with Crippen LogP contribution in [0.25, 0.3) is 0 Å². The van der Waals surface area contributed by atoms with Crippen LogP contribution in [0.2, 0.25) is 0 Å². The first kappa shape index (κ1) is 16.0. The van der Waals surface area contributed by atoms with Gasteiger partial charge in [0.05, 0.1) is 0 Å². The van der Waals surface area contributed by atoms with Gasteiger partial charge in [-0.1, -0.05) is 74.1 Å². The van der Waals surface area contributed by atoms with Crippen LogP contribution < -0.4 is 0 Å². The molecule has 0 aromatic rings. The molecule has 0 aromatic carbocycles. The van der Waals surface area contributed by atoms with Crippen LogP contribution in [0.3, 0.4) is 0 Å². The summed E-state index contributed by atoms with van der Waals surface area (Å²) in [6.07, 6.45) is 6.89. The van der Waals surface area contributed by atoms with Crippen molar-refractivity contribution in [1.82, 2.24) is 0 Å². The molecule has 0 fully saturated rings. The number of hydrogen-bond donors (Lipinski definition) is 0. The lowest BCUT2D eigenvalue weighted by Gasteiger charge is -2.36. The minimum absolute atomic E-state index is 0.520. The molecular formula is C16H34. The quantitative estimate of drug-likeness (QED) is 0.482. The zero-order valence-corrected chi connectivity index (χ0v) is 12.8. The smallest absolute Gasteiger partial charge is 0.0326 e. The fourth-order valence-corrected chi connectivity index (χ4v) is 2.74. The van der Waals surface area contributed by atoms with Crippen molar-refractivity contribution < 1.29 is 0 Å². The highest BCUT2D eigenvalue weighted by Crippen LogP contribution is 2.38. The summed E-state index contributed by atoms with van der Waals surface area (Å²) >= 11 is 0. The van der Waals surface area contributed by atoms with E-state index in [4.69, 9.17) is 0 Å². The fourth-order valence-electron chi connectivity index (χ4n) is 2.74. The zero-order valence-electron chi connectivity index (χ0n) is 12.8. The summed E-state index contributed by atoms with van der Waals surface area (Å²) in [5.74, 6) is 2.59. The van der Waals surface area contributed by atoms with Crippen LogP contribution in [0.15, 0.2) is 0 Å². The summed E-state index contributed by atoms with van der Waals surface area (Å²) in [5.41, 5.74) is 0.520. The molecule has 0 aliphatic rings. The summed E-state index contributed by atoms with van der Waals surface area (Å²) in [7, 11) is 0. The first-order valence-electron chi connectivity index (χ1n) is 7.31. The lowest BCUT2D eigenvalue weighted by atomic mass is 9.70. The first-order chi connectivity index (χ1) is 7.31. The summed E-state index contributed by atoms with van der Waals surface area (Å²) in [4.78, 5) is 0. The van der Waals surface area contributed by atoms with E-state index in [1.54, 1.807) is 0 Å². The fraction of sp³-hybridized carbons (Fsp3) is 1.00. The maximum atomic E-state index is 2.45. The second kappa shape index (κ2) is 7.35. The van der Waals surface area contributed by atoms with E-state index < -0.39 is 0 Å². The molecule has 0 aliphatic heterocycles. The largest absolute Gasteiger partial charge is 0.0654 e. The second-order valence-corrected chi connectivity index (χ2v) is 6.83. The van der Waals surface area contributed by atoms with E-state index in [2.05, 4.69) is 48.5 Å². The standard InChI is InChI=1S/C16H34/c1-8-12-16(6,7)15(5)14(4)11-9-10-13(2)3/h13-15H,8-12H2,1-7H3. The molecule has 0 rings (SSSR count). The van der Waals surface area contributed by atoms with Gasteiger partial charge in [-0.2, -0.15) is 0 Å². The summed E-state index contributed by atoms with van der Waals surface area (Å²) in [6.45, 7) is 16.8. The minimum Gasteiger partial charge on any atom is -0.0654 e. The van der Waals surface area contributed by atoms with E-state index in [-0.39, 0.29) is 0 Å². The van der Waals surface area contributed by atoms with Crippen molar-refractivity contribution in [2.75, 3.05) is 0 Å². The second-order valence-electron chi connectivity index (χ2n) is 6.83. The Morgan fingerprint density at radius 3 is 1.94 bits per heavy atom. The van der Waals surface area contributed by atoms with Crippen LogP contribution in [0.1, 0.15) is 80.6 Å². The molecule has 0 amide bonds. The summed E-state index contributed by atoms with van der Waals surface area (Å²) < 4.78 is 0. The van der Waals surface area contributed by atoms with Gasteiger partial charge in [-0.25, -0.2) is 0 Å². The average molecular weight is 226 g/mol. The first-order valence-corrected chi connectivity index (χ1v) is 7.31. The van der Waals surface area contributed by atoms with Crippen molar-refractivity contribution in [2.24, 2.45) is 23.2 Å². The van der Waals surface area contributed by atoms with Gasteiger partial charge in [0.2, 0.25) is 0 Å². The molecule has 0 aromatic heterocycles. The number of hydrogen-bond acceptors (Lipinski definition) is 0. The predicted molar refractivity (Wildman–Crippen MR) is 75.7 cm³/mol. The maximum absolute atomic E-state index is 2.45. The minimum atomic E-state index is 0.520. The zero-order chi connectivity index (χ0) is 12.8. The van der Waals surface area contributed by atoms with E-state index in [1.807, 2.05) is 0 Å². The Morgan fingerprint density at radius 1 is 0.938 bits per heavy atom. The van der Waals surface area contributed by atoms with Gasteiger partial charge in [0.15, 0.2) is 0 Å². The summed E-state index contributed by atoms with van der Waals surface area (Å²) in [6, 6.07) is 0. The van der Waals surface area contributed by atoms with Crippen molar-refractivity contribution in [2.45, 2.75) is 80.6 Å². The van der Waals surface area contributed by atoms with Gasteiger partial charge in [-0.15, -0.1) is 0 Å². The molecule has 0 bridgehead atoms. The molecule has 0 aliphatic carbocycles. The molecule has 0 saturated carbocycles. The molecule has 0 spiro atoms. The van der Waals surface area contributed by atoms with Crippen LogP contribution in [-0.2, 0) is 0 Å². The Hall–Kier alpha value is 0. The molecule has 0 saturated heterocycles. The highest BCUT2D eigenvalue weighted by molar-refractivity contribution is 4.78. The molecule has 0 heterocycles. The average Bonchev–Trinajstić information content (AvgIpc) is 2.15. The van der Waals surface area contributed by atoms with Crippen molar-refractivity contribution in [1.29, 1.82) is 0 Å². The lowest BCUT2D eigenvalue weighted by molar-refractivity contribution is 0.142. The molecule has 0 heteroatoms. The molecule has 2 atom stereocenters. The van der Waals surface area contributed by atoms with Crippen molar-refractivity contribution in [3.8, 4) is 0 Å². The summed E-state index contributed by atoms with van der Waals surface area (Å²) in [5, 5.41) is 0. The Kier molecular flexibility index (Phi) is 7.35. The third-order valence-corrected chi connectivity index (χ3v) is 4.42. The molecule has 0 nitrogen and oxygen atoms in total. The van der Waals surface area contributed by atoms with Crippen molar-refractivity contribution in [3.05, 3.63) is 0 Å². The van der Waals surface area contributed by atoms with Gasteiger partial charge in [0.1, 0.15) is 0 Å². The monoisotopic (exact) mass is 226 g/mol. The van der Waals surface area contributed by atoms with E-state index in [0.717, 1.165) is 17.8 Å². The Labute approximate surface area is 104 Å². The SMILES string of the molecule is CCCC(C)(C)C(C)C(C)CCCC(C)C. The number of rotatable bonds is 8. The predicted octanol–water partition coefficient (Wildman–Crippen LogP) is 5.91. The van der Waals surface area contributed by atoms with E-state index >= 15 is 0 Å². The lowest BCUT2D eigenvalue weighted by Crippen LogP contribution is -2.27. The molecule has 2 unspecified atom stereocenters. The third-order valence-electron chi connectivity index (χ3n) is 4.42. The van der Waals surface area contributed by atoms with Crippen LogP contribution in [0, 0.1) is 23.2 Å². The normalized spacial score (nSPS) is 16.5. The van der Waals surface area contributed by atoms with Gasteiger partial charge in [0.25, 0.3) is 0 Å². The van der Waals surface area contributed by atoms with Crippen LogP contribution in [-0.4, -0.2) is 0 Å². The molecular weight excluding hydrogens is 192 g/mol.